The quantitative estimate of drug-likeness (QED) is 0.855. The predicted octanol–water partition coefficient (Wildman–Crippen LogP) is 1.68. The van der Waals surface area contributed by atoms with Crippen molar-refractivity contribution >= 4 is 10.0 Å². The number of rotatable bonds is 6. The predicted molar refractivity (Wildman–Crippen MR) is 73.7 cm³/mol. The summed E-state index contributed by atoms with van der Waals surface area (Å²) in [6, 6.07) is 8.50. The zero-order chi connectivity index (χ0) is 13.8. The van der Waals surface area contributed by atoms with Gasteiger partial charge in [0.25, 0.3) is 0 Å². The number of hydrogen-bond acceptors (Lipinski definition) is 3. The standard InChI is InChI=1S/C13H22N2O2S/c1-4-15(11-13(2,3)10-14)18(16,17)12-8-6-5-7-9-12/h5-9H,4,10-11,14H2,1-3H3. The molecule has 0 amide bonds. The lowest BCUT2D eigenvalue weighted by molar-refractivity contribution is 0.273. The summed E-state index contributed by atoms with van der Waals surface area (Å²) in [6.45, 7) is 7.10. The Hall–Kier alpha value is -0.910. The second-order valence-corrected chi connectivity index (χ2v) is 7.05. The molecule has 4 nitrogen and oxygen atoms in total. The van der Waals surface area contributed by atoms with Crippen molar-refractivity contribution in [1.82, 2.24) is 4.31 Å². The Morgan fingerprint density at radius 3 is 2.22 bits per heavy atom. The third-order valence-corrected chi connectivity index (χ3v) is 4.83. The highest BCUT2D eigenvalue weighted by Crippen LogP contribution is 2.21. The van der Waals surface area contributed by atoms with E-state index in [2.05, 4.69) is 0 Å². The van der Waals surface area contributed by atoms with Crippen LogP contribution in [0.5, 0.6) is 0 Å². The van der Waals surface area contributed by atoms with Gasteiger partial charge in [-0.2, -0.15) is 4.31 Å². The van der Waals surface area contributed by atoms with E-state index in [1.54, 1.807) is 30.3 Å². The summed E-state index contributed by atoms with van der Waals surface area (Å²) in [5.74, 6) is 0. The van der Waals surface area contributed by atoms with Crippen LogP contribution in [0.4, 0.5) is 0 Å². The summed E-state index contributed by atoms with van der Waals surface area (Å²) >= 11 is 0. The number of sulfonamides is 1. The molecule has 0 radical (unpaired) electrons. The van der Waals surface area contributed by atoms with Gasteiger partial charge < -0.3 is 5.73 Å². The van der Waals surface area contributed by atoms with Crippen LogP contribution in [0.2, 0.25) is 0 Å². The van der Waals surface area contributed by atoms with Gasteiger partial charge in [0, 0.05) is 13.1 Å². The van der Waals surface area contributed by atoms with Crippen LogP contribution >= 0.6 is 0 Å². The van der Waals surface area contributed by atoms with Gasteiger partial charge in [0.05, 0.1) is 4.90 Å². The average molecular weight is 270 g/mol. The van der Waals surface area contributed by atoms with Crippen molar-refractivity contribution in [2.24, 2.45) is 11.1 Å². The first-order valence-electron chi connectivity index (χ1n) is 6.09. The van der Waals surface area contributed by atoms with Crippen LogP contribution in [0.1, 0.15) is 20.8 Å². The Morgan fingerprint density at radius 1 is 1.22 bits per heavy atom. The fourth-order valence-electron chi connectivity index (χ4n) is 1.65. The molecule has 0 atom stereocenters. The smallest absolute Gasteiger partial charge is 0.243 e. The first-order valence-corrected chi connectivity index (χ1v) is 7.53. The lowest BCUT2D eigenvalue weighted by Crippen LogP contribution is -2.41. The minimum Gasteiger partial charge on any atom is -0.330 e. The normalized spacial score (nSPS) is 12.9. The van der Waals surface area contributed by atoms with E-state index in [1.807, 2.05) is 20.8 Å². The summed E-state index contributed by atoms with van der Waals surface area (Å²) in [4.78, 5) is 0.333. The molecule has 0 saturated carbocycles. The van der Waals surface area contributed by atoms with Crippen LogP contribution in [-0.4, -0.2) is 32.4 Å². The molecule has 0 bridgehead atoms. The van der Waals surface area contributed by atoms with Crippen LogP contribution in [0.25, 0.3) is 0 Å². The summed E-state index contributed by atoms with van der Waals surface area (Å²) in [5.41, 5.74) is 5.45. The van der Waals surface area contributed by atoms with E-state index in [-0.39, 0.29) is 5.41 Å². The molecule has 0 unspecified atom stereocenters. The fraction of sp³-hybridized carbons (Fsp3) is 0.538. The van der Waals surface area contributed by atoms with Gasteiger partial charge in [-0.25, -0.2) is 8.42 Å². The molecule has 2 N–H and O–H groups in total. The van der Waals surface area contributed by atoms with Crippen molar-refractivity contribution in [2.45, 2.75) is 25.7 Å². The first-order chi connectivity index (χ1) is 8.33. The summed E-state index contributed by atoms with van der Waals surface area (Å²) in [5, 5.41) is 0. The summed E-state index contributed by atoms with van der Waals surface area (Å²) in [7, 11) is -3.42. The van der Waals surface area contributed by atoms with E-state index >= 15 is 0 Å². The molecule has 0 heterocycles. The molecule has 0 spiro atoms. The van der Waals surface area contributed by atoms with E-state index in [0.29, 0.717) is 24.5 Å². The zero-order valence-electron chi connectivity index (χ0n) is 11.3. The van der Waals surface area contributed by atoms with Crippen LogP contribution in [0, 0.1) is 5.41 Å². The lowest BCUT2D eigenvalue weighted by Gasteiger charge is -2.30. The molecule has 0 fully saturated rings. The third-order valence-electron chi connectivity index (χ3n) is 2.89. The number of hydrogen-bond donors (Lipinski definition) is 1. The summed E-state index contributed by atoms with van der Waals surface area (Å²) in [6.07, 6.45) is 0. The maximum atomic E-state index is 12.4. The summed E-state index contributed by atoms with van der Waals surface area (Å²) < 4.78 is 26.4. The maximum Gasteiger partial charge on any atom is 0.243 e. The van der Waals surface area contributed by atoms with E-state index in [4.69, 9.17) is 5.73 Å². The Morgan fingerprint density at radius 2 is 1.78 bits per heavy atom. The highest BCUT2D eigenvalue weighted by molar-refractivity contribution is 7.89. The molecule has 0 saturated heterocycles. The third kappa shape index (κ3) is 3.54. The molecule has 1 rings (SSSR count). The van der Waals surface area contributed by atoms with Crippen LogP contribution < -0.4 is 5.73 Å². The van der Waals surface area contributed by atoms with E-state index in [9.17, 15) is 8.42 Å². The van der Waals surface area contributed by atoms with Gasteiger partial charge in [0.2, 0.25) is 10.0 Å². The second-order valence-electron chi connectivity index (χ2n) is 5.11. The molecular formula is C13H22N2O2S. The minimum absolute atomic E-state index is 0.224. The average Bonchev–Trinajstić information content (AvgIpc) is 2.37. The largest absolute Gasteiger partial charge is 0.330 e. The van der Waals surface area contributed by atoms with E-state index < -0.39 is 10.0 Å². The second kappa shape index (κ2) is 5.82. The van der Waals surface area contributed by atoms with Crippen LogP contribution in [-0.2, 0) is 10.0 Å². The van der Waals surface area contributed by atoms with Crippen molar-refractivity contribution in [3.05, 3.63) is 30.3 Å². The van der Waals surface area contributed by atoms with Crippen LogP contribution in [0.15, 0.2) is 35.2 Å². The van der Waals surface area contributed by atoms with Gasteiger partial charge >= 0.3 is 0 Å². The number of benzene rings is 1. The van der Waals surface area contributed by atoms with Crippen molar-refractivity contribution in [3.63, 3.8) is 0 Å². The van der Waals surface area contributed by atoms with Crippen molar-refractivity contribution in [1.29, 1.82) is 0 Å². The number of nitrogens with zero attached hydrogens (tertiary/aromatic N) is 1. The topological polar surface area (TPSA) is 63.4 Å². The molecule has 0 aliphatic carbocycles. The highest BCUT2D eigenvalue weighted by Gasteiger charge is 2.28. The molecule has 18 heavy (non-hydrogen) atoms. The Bertz CT molecular complexity index is 469. The molecular weight excluding hydrogens is 248 g/mol. The molecule has 1 aromatic carbocycles. The van der Waals surface area contributed by atoms with Gasteiger partial charge in [-0.15, -0.1) is 0 Å². The van der Waals surface area contributed by atoms with Gasteiger partial charge in [-0.05, 0) is 24.1 Å². The SMILES string of the molecule is CCN(CC(C)(C)CN)S(=O)(=O)c1ccccc1. The first kappa shape index (κ1) is 15.1. The Balaban J connectivity index is 3.02. The molecule has 102 valence electrons. The highest BCUT2D eigenvalue weighted by atomic mass is 32.2. The van der Waals surface area contributed by atoms with Gasteiger partial charge in [-0.1, -0.05) is 39.0 Å². The monoisotopic (exact) mass is 270 g/mol. The van der Waals surface area contributed by atoms with Gasteiger partial charge in [-0.3, -0.25) is 0 Å². The van der Waals surface area contributed by atoms with E-state index in [0.717, 1.165) is 0 Å². The van der Waals surface area contributed by atoms with Crippen molar-refractivity contribution in [3.8, 4) is 0 Å². The molecule has 0 aromatic heterocycles. The lowest BCUT2D eigenvalue weighted by atomic mass is 9.94. The van der Waals surface area contributed by atoms with Gasteiger partial charge in [0.1, 0.15) is 0 Å². The van der Waals surface area contributed by atoms with Crippen LogP contribution in [0.3, 0.4) is 0 Å². The molecule has 1 aromatic rings. The van der Waals surface area contributed by atoms with E-state index in [1.165, 1.54) is 4.31 Å². The molecule has 5 heteroatoms. The zero-order valence-corrected chi connectivity index (χ0v) is 12.1. The minimum atomic E-state index is -3.42. The molecule has 0 aliphatic rings. The van der Waals surface area contributed by atoms with Crippen molar-refractivity contribution in [2.75, 3.05) is 19.6 Å². The fourth-order valence-corrected chi connectivity index (χ4v) is 3.31. The molecule has 0 aliphatic heterocycles. The number of nitrogens with two attached hydrogens (primary N) is 1. The van der Waals surface area contributed by atoms with Gasteiger partial charge in [0.15, 0.2) is 0 Å². The van der Waals surface area contributed by atoms with Crippen molar-refractivity contribution < 1.29 is 8.42 Å². The Labute approximate surface area is 110 Å². The maximum absolute atomic E-state index is 12.4. The Kier molecular flexibility index (Phi) is 4.90.